The zero-order chi connectivity index (χ0) is 20.2. The fraction of sp³-hybridized carbons (Fsp3) is 0.130. The van der Waals surface area contributed by atoms with Crippen molar-refractivity contribution in [2.24, 2.45) is 0 Å². The monoisotopic (exact) mass is 387 g/mol. The van der Waals surface area contributed by atoms with Gasteiger partial charge in [0.2, 0.25) is 0 Å². The zero-order valence-corrected chi connectivity index (χ0v) is 16.5. The average molecular weight is 387 g/mol. The number of para-hydroxylation sites is 1. The lowest BCUT2D eigenvalue weighted by Crippen LogP contribution is -2.00. The molecule has 0 amide bonds. The van der Waals surface area contributed by atoms with Gasteiger partial charge in [0.15, 0.2) is 17.3 Å². The first-order valence-corrected chi connectivity index (χ1v) is 9.12. The summed E-state index contributed by atoms with van der Waals surface area (Å²) in [6, 6.07) is 21.3. The third kappa shape index (κ3) is 3.78. The van der Waals surface area contributed by atoms with Crippen LogP contribution in [0.2, 0.25) is 0 Å². The van der Waals surface area contributed by atoms with E-state index in [-0.39, 0.29) is 0 Å². The predicted molar refractivity (Wildman–Crippen MR) is 114 cm³/mol. The van der Waals surface area contributed by atoms with Crippen LogP contribution in [0.3, 0.4) is 0 Å². The normalized spacial score (nSPS) is 10.6. The second kappa shape index (κ2) is 8.06. The number of hydrogen-bond donors (Lipinski definition) is 1. The van der Waals surface area contributed by atoms with Gasteiger partial charge in [-0.25, -0.2) is 9.97 Å². The maximum absolute atomic E-state index is 5.47. The van der Waals surface area contributed by atoms with Gasteiger partial charge in [0.1, 0.15) is 11.6 Å². The van der Waals surface area contributed by atoms with Crippen LogP contribution in [0.1, 0.15) is 0 Å². The molecule has 0 atom stereocenters. The summed E-state index contributed by atoms with van der Waals surface area (Å²) in [5.41, 5.74) is 2.57. The van der Waals surface area contributed by atoms with Gasteiger partial charge in [-0.15, -0.1) is 0 Å². The van der Waals surface area contributed by atoms with Crippen molar-refractivity contribution in [2.45, 2.75) is 0 Å². The van der Waals surface area contributed by atoms with Gasteiger partial charge in [0.25, 0.3) is 0 Å². The van der Waals surface area contributed by atoms with Crippen LogP contribution in [-0.4, -0.2) is 31.3 Å². The molecule has 0 aliphatic carbocycles. The average Bonchev–Trinajstić information content (AvgIpc) is 2.78. The third-order valence-electron chi connectivity index (χ3n) is 4.59. The lowest BCUT2D eigenvalue weighted by Gasteiger charge is -2.14. The Morgan fingerprint density at radius 1 is 0.724 bits per heavy atom. The molecule has 0 aliphatic rings. The predicted octanol–water partition coefficient (Wildman–Crippen LogP) is 5.07. The van der Waals surface area contributed by atoms with E-state index in [2.05, 4.69) is 5.32 Å². The molecule has 0 unspecified atom stereocenters. The van der Waals surface area contributed by atoms with Crippen LogP contribution in [0.15, 0.2) is 66.7 Å². The Kier molecular flexibility index (Phi) is 5.16. The molecular formula is C23H21N3O3. The van der Waals surface area contributed by atoms with Crippen molar-refractivity contribution in [2.75, 3.05) is 26.6 Å². The Morgan fingerprint density at radius 3 is 2.07 bits per heavy atom. The molecule has 0 spiro atoms. The molecule has 0 fully saturated rings. The summed E-state index contributed by atoms with van der Waals surface area (Å²) in [6.07, 6.45) is 0. The van der Waals surface area contributed by atoms with Crippen molar-refractivity contribution in [1.82, 2.24) is 9.97 Å². The van der Waals surface area contributed by atoms with E-state index < -0.39 is 0 Å². The van der Waals surface area contributed by atoms with Crippen molar-refractivity contribution in [3.63, 3.8) is 0 Å². The van der Waals surface area contributed by atoms with Gasteiger partial charge in [-0.1, -0.05) is 18.2 Å². The molecule has 4 aromatic rings. The van der Waals surface area contributed by atoms with Gasteiger partial charge in [-0.2, -0.15) is 0 Å². The van der Waals surface area contributed by atoms with Gasteiger partial charge >= 0.3 is 0 Å². The molecule has 146 valence electrons. The van der Waals surface area contributed by atoms with Crippen LogP contribution >= 0.6 is 0 Å². The van der Waals surface area contributed by atoms with Crippen LogP contribution in [0.25, 0.3) is 22.3 Å². The second-order valence-corrected chi connectivity index (χ2v) is 6.34. The Hall–Kier alpha value is -3.80. The molecule has 6 nitrogen and oxygen atoms in total. The Labute approximate surface area is 169 Å². The van der Waals surface area contributed by atoms with Gasteiger partial charge in [0.05, 0.1) is 26.8 Å². The molecule has 1 aromatic heterocycles. The summed E-state index contributed by atoms with van der Waals surface area (Å²) < 4.78 is 16.2. The highest BCUT2D eigenvalue weighted by Crippen LogP contribution is 2.36. The SMILES string of the molecule is COc1ccc(-c2nc(Nc3ccccc3)c3cc(OC)c(OC)cc3n2)cc1. The Morgan fingerprint density at radius 2 is 1.41 bits per heavy atom. The van der Waals surface area contributed by atoms with Crippen molar-refractivity contribution in [1.29, 1.82) is 0 Å². The number of nitrogens with one attached hydrogen (secondary N) is 1. The summed E-state index contributed by atoms with van der Waals surface area (Å²) in [6.45, 7) is 0. The largest absolute Gasteiger partial charge is 0.497 e. The van der Waals surface area contributed by atoms with Gasteiger partial charge in [0, 0.05) is 22.7 Å². The van der Waals surface area contributed by atoms with Crippen molar-refractivity contribution in [3.05, 3.63) is 66.7 Å². The topological polar surface area (TPSA) is 65.5 Å². The minimum Gasteiger partial charge on any atom is -0.497 e. The molecular weight excluding hydrogens is 366 g/mol. The van der Waals surface area contributed by atoms with Crippen molar-refractivity contribution in [3.8, 4) is 28.6 Å². The molecule has 0 saturated carbocycles. The standard InChI is InChI=1S/C23H21N3O3/c1-27-17-11-9-15(10-12-17)22-25-19-14-21(29-3)20(28-2)13-18(19)23(26-22)24-16-7-5-4-6-8-16/h4-14H,1-3H3,(H,24,25,26). The number of methoxy groups -OCH3 is 3. The first kappa shape index (κ1) is 18.6. The summed E-state index contributed by atoms with van der Waals surface area (Å²) in [5.74, 6) is 3.31. The van der Waals surface area contributed by atoms with Crippen LogP contribution in [-0.2, 0) is 0 Å². The smallest absolute Gasteiger partial charge is 0.162 e. The lowest BCUT2D eigenvalue weighted by molar-refractivity contribution is 0.356. The second-order valence-electron chi connectivity index (χ2n) is 6.34. The maximum Gasteiger partial charge on any atom is 0.162 e. The van der Waals surface area contributed by atoms with E-state index in [1.54, 1.807) is 21.3 Å². The molecule has 0 bridgehead atoms. The fourth-order valence-electron chi connectivity index (χ4n) is 3.08. The number of rotatable bonds is 6. The summed E-state index contributed by atoms with van der Waals surface area (Å²) in [4.78, 5) is 9.55. The molecule has 6 heteroatoms. The summed E-state index contributed by atoms with van der Waals surface area (Å²) >= 11 is 0. The van der Waals surface area contributed by atoms with Crippen LogP contribution in [0.5, 0.6) is 17.2 Å². The minimum absolute atomic E-state index is 0.603. The number of aromatic nitrogens is 2. The highest BCUT2D eigenvalue weighted by Gasteiger charge is 2.14. The van der Waals surface area contributed by atoms with E-state index in [1.165, 1.54) is 0 Å². The first-order chi connectivity index (χ1) is 14.2. The minimum atomic E-state index is 0.603. The van der Waals surface area contributed by atoms with E-state index in [9.17, 15) is 0 Å². The number of anilines is 2. The molecule has 0 radical (unpaired) electrons. The summed E-state index contributed by atoms with van der Waals surface area (Å²) in [7, 11) is 4.86. The fourth-order valence-corrected chi connectivity index (χ4v) is 3.08. The lowest BCUT2D eigenvalue weighted by atomic mass is 10.1. The molecule has 29 heavy (non-hydrogen) atoms. The quantitative estimate of drug-likeness (QED) is 0.498. The zero-order valence-electron chi connectivity index (χ0n) is 16.5. The number of ether oxygens (including phenoxy) is 3. The number of nitrogens with zero attached hydrogens (tertiary/aromatic N) is 2. The Balaban J connectivity index is 1.90. The van der Waals surface area contributed by atoms with Crippen LogP contribution in [0, 0.1) is 0 Å². The van der Waals surface area contributed by atoms with Crippen LogP contribution in [0.4, 0.5) is 11.5 Å². The van der Waals surface area contributed by atoms with Crippen molar-refractivity contribution < 1.29 is 14.2 Å². The van der Waals surface area contributed by atoms with Gasteiger partial charge < -0.3 is 19.5 Å². The number of fused-ring (bicyclic) bond motifs is 1. The van der Waals surface area contributed by atoms with Crippen molar-refractivity contribution >= 4 is 22.4 Å². The molecule has 1 N–H and O–H groups in total. The molecule has 4 rings (SSSR count). The number of hydrogen-bond acceptors (Lipinski definition) is 6. The van der Waals surface area contributed by atoms with Gasteiger partial charge in [-0.3, -0.25) is 0 Å². The molecule has 0 aliphatic heterocycles. The molecule has 1 heterocycles. The Bertz CT molecular complexity index is 1130. The van der Waals surface area contributed by atoms with E-state index in [0.717, 1.165) is 27.9 Å². The van der Waals surface area contributed by atoms with E-state index in [1.807, 2.05) is 66.7 Å². The number of benzene rings is 3. The molecule has 3 aromatic carbocycles. The highest BCUT2D eigenvalue weighted by molar-refractivity contribution is 5.94. The van der Waals surface area contributed by atoms with Gasteiger partial charge in [-0.05, 0) is 42.5 Å². The highest BCUT2D eigenvalue weighted by atomic mass is 16.5. The first-order valence-electron chi connectivity index (χ1n) is 9.12. The van der Waals surface area contributed by atoms with E-state index in [4.69, 9.17) is 24.2 Å². The van der Waals surface area contributed by atoms with E-state index in [0.29, 0.717) is 23.1 Å². The van der Waals surface area contributed by atoms with E-state index >= 15 is 0 Å². The molecule has 0 saturated heterocycles. The maximum atomic E-state index is 5.47. The third-order valence-corrected chi connectivity index (χ3v) is 4.59. The van der Waals surface area contributed by atoms with Crippen LogP contribution < -0.4 is 19.5 Å². The summed E-state index contributed by atoms with van der Waals surface area (Å²) in [5, 5.41) is 4.23.